The lowest BCUT2D eigenvalue weighted by atomic mass is 9.78. The molecule has 1 heteroatoms. The van der Waals surface area contributed by atoms with Crippen LogP contribution in [0.25, 0.3) is 0 Å². The van der Waals surface area contributed by atoms with Gasteiger partial charge in [0.1, 0.15) is 0 Å². The van der Waals surface area contributed by atoms with Gasteiger partial charge in [0.15, 0.2) is 0 Å². The first-order valence-corrected chi connectivity index (χ1v) is 8.46. The molecule has 0 radical (unpaired) electrons. The summed E-state index contributed by atoms with van der Waals surface area (Å²) in [7, 11) is 0. The van der Waals surface area contributed by atoms with Gasteiger partial charge in [-0.05, 0) is 75.5 Å². The van der Waals surface area contributed by atoms with Crippen molar-refractivity contribution in [1.82, 2.24) is 0 Å². The first-order valence-electron chi connectivity index (χ1n) is 8.46. The molecule has 0 aromatic carbocycles. The summed E-state index contributed by atoms with van der Waals surface area (Å²) in [6, 6.07) is 0. The van der Waals surface area contributed by atoms with Gasteiger partial charge in [-0.25, -0.2) is 4.39 Å². The molecule has 110 valence electrons. The van der Waals surface area contributed by atoms with E-state index in [9.17, 15) is 4.39 Å². The number of rotatable bonds is 4. The maximum Gasteiger partial charge on any atom is 0.0976 e. The fourth-order valence-electron chi connectivity index (χ4n) is 3.87. The molecule has 0 N–H and O–H groups in total. The second-order valence-electron chi connectivity index (χ2n) is 7.20. The minimum absolute atomic E-state index is 0.610. The Morgan fingerprint density at radius 1 is 0.895 bits per heavy atom. The zero-order chi connectivity index (χ0) is 13.7. The second-order valence-corrected chi connectivity index (χ2v) is 7.20. The Balaban J connectivity index is 1.67. The van der Waals surface area contributed by atoms with E-state index in [1.807, 2.05) is 0 Å². The van der Waals surface area contributed by atoms with Gasteiger partial charge in [0, 0.05) is 0 Å². The van der Waals surface area contributed by atoms with Gasteiger partial charge in [-0.2, -0.15) is 0 Å². The van der Waals surface area contributed by atoms with Gasteiger partial charge in [-0.1, -0.05) is 31.9 Å². The largest absolute Gasteiger partial charge is 0.248 e. The van der Waals surface area contributed by atoms with Crippen LogP contribution in [0.5, 0.6) is 0 Å². The molecule has 0 saturated heterocycles. The molecular formula is C18H31F. The summed E-state index contributed by atoms with van der Waals surface area (Å²) in [6.45, 7) is 4.09. The van der Waals surface area contributed by atoms with Crippen LogP contribution in [0.15, 0.2) is 12.2 Å². The maximum absolute atomic E-state index is 13.0. The minimum Gasteiger partial charge on any atom is -0.248 e. The summed E-state index contributed by atoms with van der Waals surface area (Å²) in [5, 5.41) is 0. The molecule has 2 aliphatic carbocycles. The third-order valence-electron chi connectivity index (χ3n) is 5.27. The van der Waals surface area contributed by atoms with Crippen molar-refractivity contribution in [2.75, 3.05) is 0 Å². The van der Waals surface area contributed by atoms with Crippen LogP contribution >= 0.6 is 0 Å². The Hall–Kier alpha value is -0.330. The fraction of sp³-hybridized carbons (Fsp3) is 0.889. The van der Waals surface area contributed by atoms with Crippen molar-refractivity contribution in [3.8, 4) is 0 Å². The SMILES string of the molecule is CC(F)CC1CCC(/C=C/C2CCC(C)CC2)CC1. The normalized spacial score (nSPS) is 38.5. The number of halogens is 1. The molecule has 0 aromatic rings. The van der Waals surface area contributed by atoms with Gasteiger partial charge in [0.2, 0.25) is 0 Å². The predicted molar refractivity (Wildman–Crippen MR) is 80.9 cm³/mol. The second kappa shape index (κ2) is 7.45. The molecule has 0 amide bonds. The molecule has 2 saturated carbocycles. The summed E-state index contributed by atoms with van der Waals surface area (Å²) in [6.07, 6.45) is 15.9. The van der Waals surface area contributed by atoms with E-state index in [0.29, 0.717) is 5.92 Å². The third-order valence-corrected chi connectivity index (χ3v) is 5.27. The smallest absolute Gasteiger partial charge is 0.0976 e. The summed E-state index contributed by atoms with van der Waals surface area (Å²) >= 11 is 0. The van der Waals surface area contributed by atoms with E-state index in [1.165, 1.54) is 51.4 Å². The van der Waals surface area contributed by atoms with Crippen LogP contribution in [0, 0.1) is 23.7 Å². The quantitative estimate of drug-likeness (QED) is 0.554. The van der Waals surface area contributed by atoms with E-state index >= 15 is 0 Å². The van der Waals surface area contributed by atoms with Crippen LogP contribution in [0.4, 0.5) is 4.39 Å². The van der Waals surface area contributed by atoms with Crippen molar-refractivity contribution >= 4 is 0 Å². The van der Waals surface area contributed by atoms with E-state index in [1.54, 1.807) is 6.92 Å². The topological polar surface area (TPSA) is 0 Å². The third kappa shape index (κ3) is 5.28. The molecule has 0 aliphatic heterocycles. The molecule has 2 aliphatic rings. The van der Waals surface area contributed by atoms with Crippen molar-refractivity contribution in [2.45, 2.75) is 77.8 Å². The van der Waals surface area contributed by atoms with Gasteiger partial charge < -0.3 is 0 Å². The fourth-order valence-corrected chi connectivity index (χ4v) is 3.87. The van der Waals surface area contributed by atoms with E-state index in [-0.39, 0.29) is 0 Å². The molecule has 0 heterocycles. The van der Waals surface area contributed by atoms with Crippen molar-refractivity contribution in [3.05, 3.63) is 12.2 Å². The zero-order valence-electron chi connectivity index (χ0n) is 12.8. The number of allylic oxidation sites excluding steroid dienone is 2. The highest BCUT2D eigenvalue weighted by Crippen LogP contribution is 2.34. The lowest BCUT2D eigenvalue weighted by molar-refractivity contribution is 0.227. The molecule has 0 nitrogen and oxygen atoms in total. The first-order chi connectivity index (χ1) is 9.13. The molecule has 1 atom stereocenters. The van der Waals surface area contributed by atoms with Crippen LogP contribution in [-0.2, 0) is 0 Å². The highest BCUT2D eigenvalue weighted by molar-refractivity contribution is 4.96. The van der Waals surface area contributed by atoms with Gasteiger partial charge in [0.05, 0.1) is 6.17 Å². The molecule has 19 heavy (non-hydrogen) atoms. The standard InChI is InChI=1S/C18H31F/c1-14-3-5-16(6-4-14)7-8-17-9-11-18(12-10-17)13-15(2)19/h7-8,14-18H,3-6,9-13H2,1-2H3/b8-7+. The molecule has 0 spiro atoms. The van der Waals surface area contributed by atoms with Crippen LogP contribution in [-0.4, -0.2) is 6.17 Å². The van der Waals surface area contributed by atoms with Crippen LogP contribution in [0.1, 0.15) is 71.6 Å². The van der Waals surface area contributed by atoms with Crippen LogP contribution < -0.4 is 0 Å². The summed E-state index contributed by atoms with van der Waals surface area (Å²) < 4.78 is 13.0. The summed E-state index contributed by atoms with van der Waals surface area (Å²) in [5.74, 6) is 3.23. The Kier molecular flexibility index (Phi) is 5.91. The number of alkyl halides is 1. The lowest BCUT2D eigenvalue weighted by Gasteiger charge is -2.28. The highest BCUT2D eigenvalue weighted by atomic mass is 19.1. The molecular weight excluding hydrogens is 235 g/mol. The maximum atomic E-state index is 13.0. The Morgan fingerprint density at radius 2 is 1.37 bits per heavy atom. The first kappa shape index (κ1) is 15.1. The van der Waals surface area contributed by atoms with E-state index in [4.69, 9.17) is 0 Å². The van der Waals surface area contributed by atoms with E-state index in [0.717, 1.165) is 24.2 Å². The number of hydrogen-bond acceptors (Lipinski definition) is 0. The van der Waals surface area contributed by atoms with Crippen molar-refractivity contribution in [3.63, 3.8) is 0 Å². The molecule has 2 fully saturated rings. The highest BCUT2D eigenvalue weighted by Gasteiger charge is 2.22. The molecule has 0 bridgehead atoms. The van der Waals surface area contributed by atoms with Crippen LogP contribution in [0.2, 0.25) is 0 Å². The van der Waals surface area contributed by atoms with Gasteiger partial charge >= 0.3 is 0 Å². The zero-order valence-corrected chi connectivity index (χ0v) is 12.8. The monoisotopic (exact) mass is 266 g/mol. The van der Waals surface area contributed by atoms with E-state index < -0.39 is 6.17 Å². The Labute approximate surface area is 118 Å². The van der Waals surface area contributed by atoms with Crippen molar-refractivity contribution < 1.29 is 4.39 Å². The average molecular weight is 266 g/mol. The predicted octanol–water partition coefficient (Wildman–Crippen LogP) is 5.92. The van der Waals surface area contributed by atoms with Gasteiger partial charge in [-0.15, -0.1) is 0 Å². The Morgan fingerprint density at radius 3 is 1.84 bits per heavy atom. The molecule has 1 unspecified atom stereocenters. The Bertz CT molecular complexity index is 265. The number of hydrogen-bond donors (Lipinski definition) is 0. The van der Waals surface area contributed by atoms with Crippen molar-refractivity contribution in [1.29, 1.82) is 0 Å². The molecule has 2 rings (SSSR count). The lowest BCUT2D eigenvalue weighted by Crippen LogP contribution is -2.16. The average Bonchev–Trinajstić information content (AvgIpc) is 2.39. The summed E-state index contributed by atoms with van der Waals surface area (Å²) in [5.41, 5.74) is 0. The van der Waals surface area contributed by atoms with Crippen molar-refractivity contribution in [2.24, 2.45) is 23.7 Å². The van der Waals surface area contributed by atoms with Gasteiger partial charge in [-0.3, -0.25) is 0 Å². The molecule has 0 aromatic heterocycles. The van der Waals surface area contributed by atoms with Gasteiger partial charge in [0.25, 0.3) is 0 Å². The van der Waals surface area contributed by atoms with E-state index in [2.05, 4.69) is 19.1 Å². The minimum atomic E-state index is -0.610. The van der Waals surface area contributed by atoms with Crippen LogP contribution in [0.3, 0.4) is 0 Å². The summed E-state index contributed by atoms with van der Waals surface area (Å²) in [4.78, 5) is 0.